The molecule has 0 aromatic heterocycles. The minimum absolute atomic E-state index is 0.232. The molecular formula is C12H10O6. The molecule has 18 heavy (non-hydrogen) atoms. The monoisotopic (exact) mass is 250 g/mol. The molecule has 1 rings (SSSR count). The van der Waals surface area contributed by atoms with E-state index in [2.05, 4.69) is 0 Å². The van der Waals surface area contributed by atoms with Crippen molar-refractivity contribution in [1.82, 2.24) is 0 Å². The summed E-state index contributed by atoms with van der Waals surface area (Å²) in [4.78, 5) is 44.5. The molecule has 0 atom stereocenters. The molecule has 0 saturated heterocycles. The van der Waals surface area contributed by atoms with Gasteiger partial charge in [0.1, 0.15) is 0 Å². The van der Waals surface area contributed by atoms with Crippen molar-refractivity contribution in [3.63, 3.8) is 0 Å². The van der Waals surface area contributed by atoms with E-state index in [9.17, 15) is 19.2 Å². The highest BCUT2D eigenvalue weighted by molar-refractivity contribution is 6.11. The molecule has 0 unspecified atom stereocenters. The Morgan fingerprint density at radius 2 is 1.00 bits per heavy atom. The third-order valence-corrected chi connectivity index (χ3v) is 2.38. The van der Waals surface area contributed by atoms with Gasteiger partial charge in [-0.15, -0.1) is 0 Å². The summed E-state index contributed by atoms with van der Waals surface area (Å²) >= 11 is 0. The second-order valence-electron chi connectivity index (χ2n) is 3.67. The number of carboxylic acids is 2. The van der Waals surface area contributed by atoms with Crippen molar-refractivity contribution in [3.8, 4) is 0 Å². The van der Waals surface area contributed by atoms with E-state index in [0.29, 0.717) is 0 Å². The predicted molar refractivity (Wildman–Crippen MR) is 60.4 cm³/mol. The van der Waals surface area contributed by atoms with Gasteiger partial charge < -0.3 is 10.2 Å². The molecule has 0 radical (unpaired) electrons. The number of aromatic carboxylic acids is 2. The number of ketones is 2. The molecular weight excluding hydrogens is 240 g/mol. The third kappa shape index (κ3) is 2.42. The van der Waals surface area contributed by atoms with Crippen LogP contribution in [0.25, 0.3) is 0 Å². The van der Waals surface area contributed by atoms with E-state index < -0.39 is 23.5 Å². The van der Waals surface area contributed by atoms with Gasteiger partial charge in [0.05, 0.1) is 11.1 Å². The fourth-order valence-electron chi connectivity index (χ4n) is 1.54. The highest BCUT2D eigenvalue weighted by Crippen LogP contribution is 2.19. The molecule has 1 aromatic carbocycles. The Labute approximate surface area is 102 Å². The van der Waals surface area contributed by atoms with Crippen molar-refractivity contribution in [2.45, 2.75) is 13.8 Å². The molecule has 6 heteroatoms. The molecule has 0 fully saturated rings. The Hall–Kier alpha value is -2.50. The maximum Gasteiger partial charge on any atom is 0.336 e. The highest BCUT2D eigenvalue weighted by Gasteiger charge is 2.22. The van der Waals surface area contributed by atoms with Gasteiger partial charge in [0.2, 0.25) is 0 Å². The van der Waals surface area contributed by atoms with Crippen LogP contribution in [0.1, 0.15) is 55.3 Å². The predicted octanol–water partition coefficient (Wildman–Crippen LogP) is 1.49. The van der Waals surface area contributed by atoms with Crippen molar-refractivity contribution in [2.24, 2.45) is 0 Å². The fraction of sp³-hybridized carbons (Fsp3) is 0.167. The molecule has 0 aliphatic carbocycles. The summed E-state index contributed by atoms with van der Waals surface area (Å²) in [6.07, 6.45) is 0. The van der Waals surface area contributed by atoms with Gasteiger partial charge in [-0.3, -0.25) is 9.59 Å². The highest BCUT2D eigenvalue weighted by atomic mass is 16.4. The fourth-order valence-corrected chi connectivity index (χ4v) is 1.54. The van der Waals surface area contributed by atoms with E-state index in [-0.39, 0.29) is 22.3 Å². The molecule has 2 N–H and O–H groups in total. The van der Waals surface area contributed by atoms with Crippen molar-refractivity contribution < 1.29 is 29.4 Å². The molecule has 94 valence electrons. The molecule has 0 saturated carbocycles. The first-order valence-electron chi connectivity index (χ1n) is 4.92. The first-order chi connectivity index (χ1) is 8.25. The number of Topliss-reactive ketones (excluding diaryl/α,β-unsaturated/α-hetero) is 2. The van der Waals surface area contributed by atoms with E-state index in [1.807, 2.05) is 0 Å². The topological polar surface area (TPSA) is 109 Å². The zero-order valence-electron chi connectivity index (χ0n) is 9.68. The van der Waals surface area contributed by atoms with Gasteiger partial charge in [0, 0.05) is 11.1 Å². The molecule has 6 nitrogen and oxygen atoms in total. The van der Waals surface area contributed by atoms with Crippen LogP contribution in [0.15, 0.2) is 12.1 Å². The number of carbonyl (C=O) groups is 4. The largest absolute Gasteiger partial charge is 0.478 e. The summed E-state index contributed by atoms with van der Waals surface area (Å²) < 4.78 is 0. The molecule has 0 spiro atoms. The number of carbonyl (C=O) groups excluding carboxylic acids is 2. The van der Waals surface area contributed by atoms with E-state index in [4.69, 9.17) is 10.2 Å². The van der Waals surface area contributed by atoms with Crippen LogP contribution in [0.3, 0.4) is 0 Å². The Morgan fingerprint density at radius 3 is 1.17 bits per heavy atom. The van der Waals surface area contributed by atoms with Gasteiger partial charge in [0.25, 0.3) is 0 Å². The normalized spacial score (nSPS) is 9.89. The summed E-state index contributed by atoms with van der Waals surface area (Å²) in [5.41, 5.74) is -1.22. The van der Waals surface area contributed by atoms with E-state index in [0.717, 1.165) is 26.0 Å². The third-order valence-electron chi connectivity index (χ3n) is 2.38. The van der Waals surface area contributed by atoms with Crippen molar-refractivity contribution in [2.75, 3.05) is 0 Å². The van der Waals surface area contributed by atoms with Gasteiger partial charge in [0.15, 0.2) is 11.6 Å². The summed E-state index contributed by atoms with van der Waals surface area (Å²) in [6.45, 7) is 2.25. The minimum Gasteiger partial charge on any atom is -0.478 e. The van der Waals surface area contributed by atoms with Gasteiger partial charge in [-0.05, 0) is 26.0 Å². The van der Waals surface area contributed by atoms with Crippen LogP contribution in [-0.4, -0.2) is 33.7 Å². The summed E-state index contributed by atoms with van der Waals surface area (Å²) in [5, 5.41) is 17.9. The van der Waals surface area contributed by atoms with Gasteiger partial charge in [-0.25, -0.2) is 9.59 Å². The molecule has 0 amide bonds. The quantitative estimate of drug-likeness (QED) is 0.783. The average Bonchev–Trinajstić information content (AvgIpc) is 2.26. The lowest BCUT2D eigenvalue weighted by Gasteiger charge is -2.08. The van der Waals surface area contributed by atoms with Crippen LogP contribution in [0.2, 0.25) is 0 Å². The standard InChI is InChI=1S/C12H10O6/c1-5(13)7-3-10(12(17)18)8(6(2)14)4-9(7)11(15)16/h3-4H,1-2H3,(H,15,16)(H,17,18). The Kier molecular flexibility index (Phi) is 3.61. The SMILES string of the molecule is CC(=O)c1cc(C(=O)O)c(C(C)=O)cc1C(=O)O. The smallest absolute Gasteiger partial charge is 0.336 e. The van der Waals surface area contributed by atoms with Crippen molar-refractivity contribution in [3.05, 3.63) is 34.4 Å². The molecule has 0 aliphatic rings. The van der Waals surface area contributed by atoms with Gasteiger partial charge in [-0.2, -0.15) is 0 Å². The lowest BCUT2D eigenvalue weighted by Crippen LogP contribution is -2.14. The number of benzene rings is 1. The van der Waals surface area contributed by atoms with E-state index in [1.54, 1.807) is 0 Å². The van der Waals surface area contributed by atoms with E-state index in [1.165, 1.54) is 0 Å². The zero-order chi connectivity index (χ0) is 14.0. The number of rotatable bonds is 4. The van der Waals surface area contributed by atoms with Crippen LogP contribution in [0.4, 0.5) is 0 Å². The van der Waals surface area contributed by atoms with Gasteiger partial charge >= 0.3 is 11.9 Å². The van der Waals surface area contributed by atoms with Gasteiger partial charge in [-0.1, -0.05) is 0 Å². The van der Waals surface area contributed by atoms with Crippen LogP contribution >= 0.6 is 0 Å². The lowest BCUT2D eigenvalue weighted by molar-refractivity contribution is 0.0677. The number of hydrogen-bond acceptors (Lipinski definition) is 4. The molecule has 1 aromatic rings. The van der Waals surface area contributed by atoms with Crippen molar-refractivity contribution in [1.29, 1.82) is 0 Å². The van der Waals surface area contributed by atoms with Crippen LogP contribution < -0.4 is 0 Å². The zero-order valence-corrected chi connectivity index (χ0v) is 9.68. The maximum absolute atomic E-state index is 11.3. The van der Waals surface area contributed by atoms with Crippen molar-refractivity contribution >= 4 is 23.5 Å². The first kappa shape index (κ1) is 13.6. The van der Waals surface area contributed by atoms with Crippen LogP contribution in [0.5, 0.6) is 0 Å². The maximum atomic E-state index is 11.3. The Bertz CT molecular complexity index is 472. The lowest BCUT2D eigenvalue weighted by atomic mass is 9.94. The second kappa shape index (κ2) is 4.79. The average molecular weight is 250 g/mol. The molecule has 0 bridgehead atoms. The molecule has 0 aliphatic heterocycles. The second-order valence-corrected chi connectivity index (χ2v) is 3.67. The van der Waals surface area contributed by atoms with Crippen LogP contribution in [0, 0.1) is 0 Å². The van der Waals surface area contributed by atoms with Crippen LogP contribution in [-0.2, 0) is 0 Å². The summed E-state index contributed by atoms with van der Waals surface area (Å²) in [7, 11) is 0. The Balaban J connectivity index is 3.71. The summed E-state index contributed by atoms with van der Waals surface area (Å²) in [5.74, 6) is -3.94. The summed E-state index contributed by atoms with van der Waals surface area (Å²) in [6, 6.07) is 1.84. The molecule has 0 heterocycles. The van der Waals surface area contributed by atoms with E-state index >= 15 is 0 Å². The Morgan fingerprint density at radius 1 is 0.722 bits per heavy atom. The number of carboxylic acid groups (broad SMARTS) is 2. The first-order valence-corrected chi connectivity index (χ1v) is 4.92. The number of hydrogen-bond donors (Lipinski definition) is 2. The minimum atomic E-state index is -1.39.